The van der Waals surface area contributed by atoms with Gasteiger partial charge in [-0.25, -0.2) is 0 Å². The fraction of sp³-hybridized carbons (Fsp3) is 0.364. The standard InChI is InChI=1S/C11H15NO/c1-8(12)6-10-4-3-5-11(7-10)9(2)13/h3-5,7-8H,6,12H2,1-2H3. The third-order valence-corrected chi connectivity index (χ3v) is 1.89. The van der Waals surface area contributed by atoms with Crippen LogP contribution in [0.15, 0.2) is 24.3 Å². The molecule has 0 heterocycles. The Hall–Kier alpha value is -1.15. The van der Waals surface area contributed by atoms with Crippen molar-refractivity contribution in [2.24, 2.45) is 5.73 Å². The van der Waals surface area contributed by atoms with Gasteiger partial charge in [0.15, 0.2) is 5.78 Å². The summed E-state index contributed by atoms with van der Waals surface area (Å²) in [5, 5.41) is 0. The Morgan fingerprint density at radius 1 is 1.54 bits per heavy atom. The molecule has 0 fully saturated rings. The van der Waals surface area contributed by atoms with Gasteiger partial charge in [0.2, 0.25) is 0 Å². The quantitative estimate of drug-likeness (QED) is 0.715. The van der Waals surface area contributed by atoms with Crippen LogP contribution in [-0.4, -0.2) is 11.8 Å². The molecule has 1 aromatic carbocycles. The molecule has 1 unspecified atom stereocenters. The second-order valence-corrected chi connectivity index (χ2v) is 3.44. The Labute approximate surface area is 78.8 Å². The monoisotopic (exact) mass is 177 g/mol. The molecule has 1 atom stereocenters. The molecule has 0 spiro atoms. The van der Waals surface area contributed by atoms with E-state index in [-0.39, 0.29) is 11.8 Å². The average molecular weight is 177 g/mol. The molecule has 0 aliphatic heterocycles. The first kappa shape index (κ1) is 9.93. The van der Waals surface area contributed by atoms with E-state index in [2.05, 4.69) is 0 Å². The van der Waals surface area contributed by atoms with Crippen LogP contribution in [0.2, 0.25) is 0 Å². The highest BCUT2D eigenvalue weighted by atomic mass is 16.1. The topological polar surface area (TPSA) is 43.1 Å². The van der Waals surface area contributed by atoms with Gasteiger partial charge in [-0.05, 0) is 31.9 Å². The van der Waals surface area contributed by atoms with Crippen molar-refractivity contribution in [3.8, 4) is 0 Å². The second-order valence-electron chi connectivity index (χ2n) is 3.44. The fourth-order valence-electron chi connectivity index (χ4n) is 1.29. The van der Waals surface area contributed by atoms with E-state index in [1.165, 1.54) is 0 Å². The van der Waals surface area contributed by atoms with Crippen LogP contribution in [0.25, 0.3) is 0 Å². The van der Waals surface area contributed by atoms with Crippen LogP contribution in [-0.2, 0) is 6.42 Å². The van der Waals surface area contributed by atoms with Crippen molar-refractivity contribution in [1.82, 2.24) is 0 Å². The third kappa shape index (κ3) is 2.99. The number of carbonyl (C=O) groups excluding carboxylic acids is 1. The Balaban J connectivity index is 2.85. The van der Waals surface area contributed by atoms with E-state index in [1.54, 1.807) is 6.92 Å². The summed E-state index contributed by atoms with van der Waals surface area (Å²) in [5.41, 5.74) is 7.56. The van der Waals surface area contributed by atoms with Gasteiger partial charge in [-0.2, -0.15) is 0 Å². The molecule has 0 aliphatic rings. The molecule has 0 bridgehead atoms. The van der Waals surface area contributed by atoms with Gasteiger partial charge in [0.1, 0.15) is 0 Å². The van der Waals surface area contributed by atoms with Gasteiger partial charge in [-0.1, -0.05) is 18.2 Å². The molecule has 0 aromatic heterocycles. The van der Waals surface area contributed by atoms with Crippen LogP contribution in [0.1, 0.15) is 29.8 Å². The molecule has 1 rings (SSSR count). The normalized spacial score (nSPS) is 12.5. The van der Waals surface area contributed by atoms with Gasteiger partial charge in [-0.3, -0.25) is 4.79 Å². The summed E-state index contributed by atoms with van der Waals surface area (Å²) in [6.07, 6.45) is 0.821. The lowest BCUT2D eigenvalue weighted by atomic mass is 10.0. The maximum Gasteiger partial charge on any atom is 0.159 e. The third-order valence-electron chi connectivity index (χ3n) is 1.89. The molecule has 0 saturated carbocycles. The van der Waals surface area contributed by atoms with Crippen LogP contribution < -0.4 is 5.73 Å². The van der Waals surface area contributed by atoms with Crippen LogP contribution in [0.3, 0.4) is 0 Å². The lowest BCUT2D eigenvalue weighted by molar-refractivity contribution is 0.101. The summed E-state index contributed by atoms with van der Waals surface area (Å²) in [6.45, 7) is 3.53. The van der Waals surface area contributed by atoms with Gasteiger partial charge in [-0.15, -0.1) is 0 Å². The fourth-order valence-corrected chi connectivity index (χ4v) is 1.29. The highest BCUT2D eigenvalue weighted by Gasteiger charge is 2.01. The molecule has 2 heteroatoms. The zero-order valence-electron chi connectivity index (χ0n) is 8.08. The molecular formula is C11H15NO. The van der Waals surface area contributed by atoms with E-state index in [9.17, 15) is 4.79 Å². The number of benzene rings is 1. The molecule has 2 nitrogen and oxygen atoms in total. The van der Waals surface area contributed by atoms with Crippen LogP contribution >= 0.6 is 0 Å². The molecule has 0 radical (unpaired) electrons. The second kappa shape index (κ2) is 4.19. The van der Waals surface area contributed by atoms with Crippen molar-refractivity contribution in [2.45, 2.75) is 26.3 Å². The van der Waals surface area contributed by atoms with E-state index in [4.69, 9.17) is 5.73 Å². The molecule has 13 heavy (non-hydrogen) atoms. The summed E-state index contributed by atoms with van der Waals surface area (Å²) in [7, 11) is 0. The van der Waals surface area contributed by atoms with Crippen LogP contribution in [0, 0.1) is 0 Å². The van der Waals surface area contributed by atoms with E-state index in [0.29, 0.717) is 0 Å². The molecule has 70 valence electrons. The highest BCUT2D eigenvalue weighted by Crippen LogP contribution is 2.07. The Kier molecular flexibility index (Phi) is 3.20. The average Bonchev–Trinajstić information content (AvgIpc) is 2.03. The van der Waals surface area contributed by atoms with Crippen molar-refractivity contribution in [1.29, 1.82) is 0 Å². The van der Waals surface area contributed by atoms with Crippen molar-refractivity contribution in [2.75, 3.05) is 0 Å². The lowest BCUT2D eigenvalue weighted by Crippen LogP contribution is -2.17. The number of rotatable bonds is 3. The minimum Gasteiger partial charge on any atom is -0.328 e. The summed E-state index contributed by atoms with van der Waals surface area (Å²) in [4.78, 5) is 11.1. The lowest BCUT2D eigenvalue weighted by Gasteiger charge is -2.05. The Bertz CT molecular complexity index is 305. The predicted octanol–water partition coefficient (Wildman–Crippen LogP) is 1.78. The smallest absolute Gasteiger partial charge is 0.159 e. The number of carbonyl (C=O) groups is 1. The van der Waals surface area contributed by atoms with E-state index < -0.39 is 0 Å². The largest absolute Gasteiger partial charge is 0.328 e. The molecule has 2 N–H and O–H groups in total. The molecule has 0 amide bonds. The predicted molar refractivity (Wildman–Crippen MR) is 53.8 cm³/mol. The molecule has 0 saturated heterocycles. The van der Waals surface area contributed by atoms with Gasteiger partial charge in [0.05, 0.1) is 0 Å². The molecular weight excluding hydrogens is 162 g/mol. The zero-order chi connectivity index (χ0) is 9.84. The van der Waals surface area contributed by atoms with Crippen LogP contribution in [0.4, 0.5) is 0 Å². The van der Waals surface area contributed by atoms with Gasteiger partial charge >= 0.3 is 0 Å². The number of Topliss-reactive ketones (excluding diaryl/α,β-unsaturated/α-hetero) is 1. The summed E-state index contributed by atoms with van der Waals surface area (Å²) < 4.78 is 0. The maximum absolute atomic E-state index is 11.1. The van der Waals surface area contributed by atoms with Gasteiger partial charge in [0, 0.05) is 11.6 Å². The SMILES string of the molecule is CC(=O)c1cccc(CC(C)N)c1. The summed E-state index contributed by atoms with van der Waals surface area (Å²) >= 11 is 0. The Morgan fingerprint density at radius 3 is 2.77 bits per heavy atom. The van der Waals surface area contributed by atoms with Gasteiger partial charge < -0.3 is 5.73 Å². The van der Waals surface area contributed by atoms with Crippen molar-refractivity contribution >= 4 is 5.78 Å². The van der Waals surface area contributed by atoms with Crippen LogP contribution in [0.5, 0.6) is 0 Å². The Morgan fingerprint density at radius 2 is 2.23 bits per heavy atom. The van der Waals surface area contributed by atoms with Crippen molar-refractivity contribution < 1.29 is 4.79 Å². The van der Waals surface area contributed by atoms with Crippen molar-refractivity contribution in [3.63, 3.8) is 0 Å². The number of nitrogens with two attached hydrogens (primary N) is 1. The van der Waals surface area contributed by atoms with E-state index in [0.717, 1.165) is 17.5 Å². The number of hydrogen-bond donors (Lipinski definition) is 1. The number of ketones is 1. The first-order valence-electron chi connectivity index (χ1n) is 4.45. The first-order chi connectivity index (χ1) is 6.09. The minimum atomic E-state index is 0.103. The summed E-state index contributed by atoms with van der Waals surface area (Å²) in [5.74, 6) is 0.103. The van der Waals surface area contributed by atoms with E-state index >= 15 is 0 Å². The molecule has 1 aromatic rings. The molecule has 0 aliphatic carbocycles. The van der Waals surface area contributed by atoms with Gasteiger partial charge in [0.25, 0.3) is 0 Å². The zero-order valence-corrected chi connectivity index (χ0v) is 8.08. The minimum absolute atomic E-state index is 0.103. The number of hydrogen-bond acceptors (Lipinski definition) is 2. The first-order valence-corrected chi connectivity index (χ1v) is 4.45. The van der Waals surface area contributed by atoms with Crippen molar-refractivity contribution in [3.05, 3.63) is 35.4 Å². The van der Waals surface area contributed by atoms with E-state index in [1.807, 2.05) is 31.2 Å². The highest BCUT2D eigenvalue weighted by molar-refractivity contribution is 5.94. The maximum atomic E-state index is 11.1. The summed E-state index contributed by atoms with van der Waals surface area (Å²) in [6, 6.07) is 7.77.